The molecule has 0 amide bonds. The molecule has 0 aromatic carbocycles. The molecule has 0 fully saturated rings. The number of nitrogens with zero attached hydrogens (tertiary/aromatic N) is 1. The molecule has 1 unspecified atom stereocenters. The summed E-state index contributed by atoms with van der Waals surface area (Å²) < 4.78 is 10.9. The van der Waals surface area contributed by atoms with Gasteiger partial charge in [-0.3, -0.25) is 0 Å². The summed E-state index contributed by atoms with van der Waals surface area (Å²) in [6.45, 7) is 2.36. The van der Waals surface area contributed by atoms with E-state index in [-0.39, 0.29) is 6.04 Å². The molecule has 2 N–H and O–H groups in total. The van der Waals surface area contributed by atoms with Crippen LogP contribution in [0.2, 0.25) is 5.22 Å². The summed E-state index contributed by atoms with van der Waals surface area (Å²) in [5.74, 6) is 2.66. The Labute approximate surface area is 115 Å². The molecule has 0 bridgehead atoms. The van der Waals surface area contributed by atoms with E-state index in [1.165, 1.54) is 0 Å². The Bertz CT molecular complexity index is 617. The van der Waals surface area contributed by atoms with E-state index in [4.69, 9.17) is 31.0 Å². The van der Waals surface area contributed by atoms with E-state index < -0.39 is 0 Å². The lowest BCUT2D eigenvalue weighted by molar-refractivity contribution is -0.134. The summed E-state index contributed by atoms with van der Waals surface area (Å²) in [6.07, 6.45) is 1.77. The van der Waals surface area contributed by atoms with Gasteiger partial charge in [-0.05, 0) is 42.8 Å². The van der Waals surface area contributed by atoms with Crippen molar-refractivity contribution < 1.29 is 13.7 Å². The molecule has 1 aliphatic rings. The molecule has 3 heterocycles. The van der Waals surface area contributed by atoms with E-state index in [1.807, 2.05) is 19.1 Å². The van der Waals surface area contributed by atoms with Gasteiger partial charge in [-0.2, -0.15) is 0 Å². The number of hydroxylamine groups is 2. The molecule has 1 atom stereocenters. The van der Waals surface area contributed by atoms with Crippen molar-refractivity contribution in [1.29, 1.82) is 0 Å². The fourth-order valence-corrected chi connectivity index (χ4v) is 2.18. The van der Waals surface area contributed by atoms with Gasteiger partial charge in [0.1, 0.15) is 23.3 Å². The van der Waals surface area contributed by atoms with Gasteiger partial charge in [-0.25, -0.2) is 0 Å². The van der Waals surface area contributed by atoms with E-state index >= 15 is 0 Å². The third-order valence-corrected chi connectivity index (χ3v) is 3.05. The Hall–Kier alpha value is -1.85. The van der Waals surface area contributed by atoms with Crippen LogP contribution in [0.4, 0.5) is 0 Å². The maximum Gasteiger partial charge on any atom is 0.207 e. The van der Waals surface area contributed by atoms with Crippen LogP contribution in [0.25, 0.3) is 0 Å². The van der Waals surface area contributed by atoms with Crippen molar-refractivity contribution in [2.24, 2.45) is 5.73 Å². The normalized spacial score (nSPS) is 19.5. The van der Waals surface area contributed by atoms with Gasteiger partial charge in [-0.1, -0.05) is 0 Å². The van der Waals surface area contributed by atoms with Crippen molar-refractivity contribution >= 4 is 11.6 Å². The minimum absolute atomic E-state index is 0.210. The molecule has 0 spiro atoms. The van der Waals surface area contributed by atoms with Crippen molar-refractivity contribution in [3.05, 3.63) is 58.7 Å². The Morgan fingerprint density at radius 3 is 2.74 bits per heavy atom. The highest BCUT2D eigenvalue weighted by Crippen LogP contribution is 2.33. The van der Waals surface area contributed by atoms with Crippen molar-refractivity contribution in [1.82, 2.24) is 5.06 Å². The zero-order chi connectivity index (χ0) is 13.4. The van der Waals surface area contributed by atoms with Crippen LogP contribution in [-0.2, 0) is 11.4 Å². The van der Waals surface area contributed by atoms with Gasteiger partial charge in [0.25, 0.3) is 0 Å². The number of hydrogen-bond donors (Lipinski definition) is 1. The second-order valence-electron chi connectivity index (χ2n) is 4.33. The van der Waals surface area contributed by atoms with Gasteiger partial charge < -0.3 is 19.4 Å². The summed E-state index contributed by atoms with van der Waals surface area (Å²) in [5, 5.41) is 2.02. The second-order valence-corrected chi connectivity index (χ2v) is 4.71. The number of rotatable bonds is 3. The quantitative estimate of drug-likeness (QED) is 0.936. The third kappa shape index (κ3) is 2.47. The van der Waals surface area contributed by atoms with Gasteiger partial charge >= 0.3 is 0 Å². The van der Waals surface area contributed by atoms with Crippen molar-refractivity contribution in [2.75, 3.05) is 0 Å². The number of halogens is 1. The van der Waals surface area contributed by atoms with Gasteiger partial charge in [0.15, 0.2) is 5.22 Å². The maximum atomic E-state index is 5.79. The van der Waals surface area contributed by atoms with Crippen LogP contribution in [0.3, 0.4) is 0 Å². The first-order valence-corrected chi connectivity index (χ1v) is 6.22. The fourth-order valence-electron chi connectivity index (χ4n) is 2.03. The first-order valence-electron chi connectivity index (χ1n) is 5.84. The number of hydrogen-bond acceptors (Lipinski definition) is 5. The minimum Gasteiger partial charge on any atom is -0.465 e. The SMILES string of the molecule is Cc1ccc(CN2OC(N)=CC2c2ccc(Cl)o2)o1. The van der Waals surface area contributed by atoms with E-state index in [0.29, 0.717) is 23.4 Å². The number of furan rings is 2. The standard InChI is InChI=1S/C13H13ClN2O3/c1-8-2-3-9(17-8)7-16-10(6-13(15)19-16)11-4-5-12(14)18-11/h2-6,10H,7,15H2,1H3. The van der Waals surface area contributed by atoms with Crippen LogP contribution < -0.4 is 5.73 Å². The predicted octanol–water partition coefficient (Wildman–Crippen LogP) is 3.12. The molecule has 0 saturated heterocycles. The van der Waals surface area contributed by atoms with E-state index in [9.17, 15) is 0 Å². The van der Waals surface area contributed by atoms with Crippen molar-refractivity contribution in [3.8, 4) is 0 Å². The van der Waals surface area contributed by atoms with Crippen LogP contribution >= 0.6 is 11.6 Å². The number of nitrogens with two attached hydrogens (primary N) is 1. The average Bonchev–Trinajstić information content (AvgIpc) is 3.02. The zero-order valence-electron chi connectivity index (χ0n) is 10.3. The van der Waals surface area contributed by atoms with Crippen LogP contribution in [0, 0.1) is 6.92 Å². The monoisotopic (exact) mass is 280 g/mol. The van der Waals surface area contributed by atoms with E-state index in [1.54, 1.807) is 23.3 Å². The fraction of sp³-hybridized carbons (Fsp3) is 0.231. The van der Waals surface area contributed by atoms with E-state index in [0.717, 1.165) is 11.5 Å². The molecule has 3 rings (SSSR count). The highest BCUT2D eigenvalue weighted by Gasteiger charge is 2.30. The Kier molecular flexibility index (Phi) is 3.00. The molecule has 6 heteroatoms. The molecule has 0 radical (unpaired) electrons. The first-order chi connectivity index (χ1) is 9.11. The molecule has 2 aromatic rings. The Morgan fingerprint density at radius 1 is 1.26 bits per heavy atom. The first kappa shape index (κ1) is 12.2. The topological polar surface area (TPSA) is 64.8 Å². The molecule has 0 saturated carbocycles. The summed E-state index contributed by atoms with van der Waals surface area (Å²) in [5.41, 5.74) is 5.71. The van der Waals surface area contributed by atoms with Crippen molar-refractivity contribution in [2.45, 2.75) is 19.5 Å². The van der Waals surface area contributed by atoms with E-state index in [2.05, 4.69) is 0 Å². The van der Waals surface area contributed by atoms with Gasteiger partial charge in [0.2, 0.25) is 5.88 Å². The van der Waals surface area contributed by atoms with Crippen LogP contribution in [0.15, 0.2) is 45.1 Å². The minimum atomic E-state index is -0.210. The highest BCUT2D eigenvalue weighted by molar-refractivity contribution is 6.28. The lowest BCUT2D eigenvalue weighted by Crippen LogP contribution is -2.22. The Morgan fingerprint density at radius 2 is 2.11 bits per heavy atom. The maximum absolute atomic E-state index is 5.79. The molecular weight excluding hydrogens is 268 g/mol. The van der Waals surface area contributed by atoms with Gasteiger partial charge in [0.05, 0.1) is 6.54 Å². The Balaban J connectivity index is 1.81. The molecule has 19 heavy (non-hydrogen) atoms. The third-order valence-electron chi connectivity index (χ3n) is 2.85. The predicted molar refractivity (Wildman–Crippen MR) is 68.8 cm³/mol. The van der Waals surface area contributed by atoms with Gasteiger partial charge in [-0.15, -0.1) is 5.06 Å². The van der Waals surface area contributed by atoms with Crippen molar-refractivity contribution in [3.63, 3.8) is 0 Å². The highest BCUT2D eigenvalue weighted by atomic mass is 35.5. The van der Waals surface area contributed by atoms with Crippen LogP contribution in [-0.4, -0.2) is 5.06 Å². The lowest BCUT2D eigenvalue weighted by atomic mass is 10.2. The lowest BCUT2D eigenvalue weighted by Gasteiger charge is -2.19. The largest absolute Gasteiger partial charge is 0.465 e. The molecule has 1 aliphatic heterocycles. The smallest absolute Gasteiger partial charge is 0.207 e. The molecule has 100 valence electrons. The van der Waals surface area contributed by atoms with Gasteiger partial charge in [0, 0.05) is 6.08 Å². The number of aryl methyl sites for hydroxylation is 1. The molecular formula is C13H13ClN2O3. The second kappa shape index (κ2) is 4.68. The average molecular weight is 281 g/mol. The molecule has 0 aliphatic carbocycles. The summed E-state index contributed by atoms with van der Waals surface area (Å²) in [4.78, 5) is 5.46. The summed E-state index contributed by atoms with van der Waals surface area (Å²) in [7, 11) is 0. The summed E-state index contributed by atoms with van der Waals surface area (Å²) in [6, 6.07) is 7.08. The zero-order valence-corrected chi connectivity index (χ0v) is 11.1. The molecule has 2 aromatic heterocycles. The van der Waals surface area contributed by atoms with Crippen LogP contribution in [0.5, 0.6) is 0 Å². The molecule has 5 nitrogen and oxygen atoms in total. The summed E-state index contributed by atoms with van der Waals surface area (Å²) >= 11 is 5.79. The van der Waals surface area contributed by atoms with Crippen LogP contribution in [0.1, 0.15) is 23.3 Å².